The Hall–Kier alpha value is -0.550. The van der Waals surface area contributed by atoms with Crippen molar-refractivity contribution in [3.8, 4) is 0 Å². The molecule has 0 radical (unpaired) electrons. The summed E-state index contributed by atoms with van der Waals surface area (Å²) in [6.07, 6.45) is 0. The van der Waals surface area contributed by atoms with Crippen LogP contribution in [0.4, 0.5) is 5.69 Å². The zero-order valence-corrected chi connectivity index (χ0v) is 9.75. The molecule has 0 spiro atoms. The highest BCUT2D eigenvalue weighted by molar-refractivity contribution is 7.80. The average molecular weight is 250 g/mol. The van der Waals surface area contributed by atoms with Crippen LogP contribution >= 0.6 is 35.4 Å². The third kappa shape index (κ3) is 2.99. The number of anilines is 1. The smallest absolute Gasteiger partial charge is 0.187 e. The van der Waals surface area contributed by atoms with Crippen molar-refractivity contribution in [2.75, 3.05) is 12.4 Å². The van der Waals surface area contributed by atoms with Crippen molar-refractivity contribution in [1.82, 2.24) is 5.01 Å². The van der Waals surface area contributed by atoms with Crippen molar-refractivity contribution in [1.29, 1.82) is 0 Å². The van der Waals surface area contributed by atoms with Crippen molar-refractivity contribution in [3.05, 3.63) is 28.2 Å². The van der Waals surface area contributed by atoms with Crippen LogP contribution in [0, 0.1) is 0 Å². The van der Waals surface area contributed by atoms with Crippen molar-refractivity contribution in [2.24, 2.45) is 5.84 Å². The fraction of sp³-hybridized carbons (Fsp3) is 0.125. The van der Waals surface area contributed by atoms with Gasteiger partial charge in [0.2, 0.25) is 0 Å². The second-order valence-electron chi connectivity index (χ2n) is 2.67. The Morgan fingerprint density at radius 1 is 1.50 bits per heavy atom. The van der Waals surface area contributed by atoms with E-state index in [0.717, 1.165) is 0 Å². The number of nitrogens with two attached hydrogens (primary N) is 1. The van der Waals surface area contributed by atoms with Gasteiger partial charge in [0.15, 0.2) is 5.11 Å². The van der Waals surface area contributed by atoms with E-state index in [4.69, 9.17) is 41.3 Å². The van der Waals surface area contributed by atoms with Gasteiger partial charge in [-0.25, -0.2) is 5.84 Å². The van der Waals surface area contributed by atoms with Gasteiger partial charge in [-0.15, -0.1) is 0 Å². The fourth-order valence-corrected chi connectivity index (χ4v) is 1.24. The highest BCUT2D eigenvalue weighted by atomic mass is 35.5. The third-order valence-corrected chi connectivity index (χ3v) is 2.45. The largest absolute Gasteiger partial charge is 0.330 e. The lowest BCUT2D eigenvalue weighted by molar-refractivity contribution is 0.548. The fourth-order valence-electron chi connectivity index (χ4n) is 0.797. The summed E-state index contributed by atoms with van der Waals surface area (Å²) < 4.78 is 0. The summed E-state index contributed by atoms with van der Waals surface area (Å²) in [7, 11) is 1.63. The molecule has 0 bridgehead atoms. The van der Waals surface area contributed by atoms with Crippen LogP contribution in [0.2, 0.25) is 10.0 Å². The third-order valence-electron chi connectivity index (χ3n) is 1.49. The maximum absolute atomic E-state index is 5.90. The lowest BCUT2D eigenvalue weighted by Crippen LogP contribution is -2.36. The van der Waals surface area contributed by atoms with E-state index in [9.17, 15) is 0 Å². The van der Waals surface area contributed by atoms with Gasteiger partial charge in [0.1, 0.15) is 0 Å². The first-order chi connectivity index (χ1) is 6.50. The molecular weight excluding hydrogens is 241 g/mol. The van der Waals surface area contributed by atoms with E-state index < -0.39 is 0 Å². The van der Waals surface area contributed by atoms with Crippen LogP contribution in [0.1, 0.15) is 0 Å². The van der Waals surface area contributed by atoms with Gasteiger partial charge in [0.25, 0.3) is 0 Å². The van der Waals surface area contributed by atoms with E-state index in [2.05, 4.69) is 5.32 Å². The number of hydrogen-bond donors (Lipinski definition) is 2. The van der Waals surface area contributed by atoms with E-state index in [1.807, 2.05) is 0 Å². The lowest BCUT2D eigenvalue weighted by atomic mass is 10.3. The Kier molecular flexibility index (Phi) is 3.95. The summed E-state index contributed by atoms with van der Waals surface area (Å²) in [6, 6.07) is 5.06. The Balaban J connectivity index is 2.86. The van der Waals surface area contributed by atoms with Gasteiger partial charge >= 0.3 is 0 Å². The number of hydrazine groups is 1. The van der Waals surface area contributed by atoms with Crippen LogP contribution in [0.5, 0.6) is 0 Å². The summed E-state index contributed by atoms with van der Waals surface area (Å²) in [5.74, 6) is 5.43. The Morgan fingerprint density at radius 3 is 2.71 bits per heavy atom. The van der Waals surface area contributed by atoms with Crippen molar-refractivity contribution in [3.63, 3.8) is 0 Å². The lowest BCUT2D eigenvalue weighted by Gasteiger charge is -2.15. The molecule has 0 aliphatic carbocycles. The molecule has 0 amide bonds. The van der Waals surface area contributed by atoms with Crippen molar-refractivity contribution in [2.45, 2.75) is 0 Å². The number of hydrogen-bond acceptors (Lipinski definition) is 2. The molecule has 0 aliphatic rings. The van der Waals surface area contributed by atoms with Crippen LogP contribution in [-0.2, 0) is 0 Å². The molecule has 1 aromatic carbocycles. The predicted octanol–water partition coefficient (Wildman–Crippen LogP) is 2.50. The molecule has 1 aromatic rings. The summed E-state index contributed by atoms with van der Waals surface area (Å²) in [5, 5.41) is 5.64. The van der Waals surface area contributed by atoms with Crippen LogP contribution in [0.15, 0.2) is 18.2 Å². The van der Waals surface area contributed by atoms with Gasteiger partial charge in [-0.3, -0.25) is 5.01 Å². The maximum Gasteiger partial charge on any atom is 0.187 e. The maximum atomic E-state index is 5.90. The Labute approximate surface area is 97.7 Å². The minimum atomic E-state index is 0.370. The van der Waals surface area contributed by atoms with Gasteiger partial charge in [-0.2, -0.15) is 0 Å². The summed E-state index contributed by atoms with van der Waals surface area (Å²) in [4.78, 5) is 0. The van der Waals surface area contributed by atoms with E-state index in [-0.39, 0.29) is 0 Å². The first kappa shape index (κ1) is 11.5. The van der Waals surface area contributed by atoms with E-state index in [0.29, 0.717) is 20.8 Å². The molecule has 0 unspecified atom stereocenters. The van der Waals surface area contributed by atoms with Gasteiger partial charge < -0.3 is 5.32 Å². The first-order valence-electron chi connectivity index (χ1n) is 3.75. The first-order valence-corrected chi connectivity index (χ1v) is 4.91. The Bertz CT molecular complexity index is 354. The molecule has 3 nitrogen and oxygen atoms in total. The van der Waals surface area contributed by atoms with Gasteiger partial charge in [0.05, 0.1) is 10.7 Å². The molecule has 0 aromatic heterocycles. The minimum absolute atomic E-state index is 0.370. The van der Waals surface area contributed by atoms with Crippen LogP contribution in [-0.4, -0.2) is 17.2 Å². The second kappa shape index (κ2) is 4.79. The highest BCUT2D eigenvalue weighted by Crippen LogP contribution is 2.25. The SMILES string of the molecule is CN(N)C(=S)Nc1cc(Cl)ccc1Cl. The monoisotopic (exact) mass is 249 g/mol. The van der Waals surface area contributed by atoms with Crippen LogP contribution < -0.4 is 11.2 Å². The molecule has 0 saturated carbocycles. The van der Waals surface area contributed by atoms with Crippen molar-refractivity contribution < 1.29 is 0 Å². The van der Waals surface area contributed by atoms with E-state index >= 15 is 0 Å². The summed E-state index contributed by atoms with van der Waals surface area (Å²) >= 11 is 16.6. The topological polar surface area (TPSA) is 41.3 Å². The molecular formula is C8H9Cl2N3S. The number of benzene rings is 1. The zero-order chi connectivity index (χ0) is 10.7. The molecule has 0 aliphatic heterocycles. The van der Waals surface area contributed by atoms with E-state index in [1.165, 1.54) is 5.01 Å². The quantitative estimate of drug-likeness (QED) is 0.456. The van der Waals surface area contributed by atoms with E-state index in [1.54, 1.807) is 25.2 Å². The molecule has 14 heavy (non-hydrogen) atoms. The molecule has 0 atom stereocenters. The number of thiocarbonyl (C=S) groups is 1. The molecule has 1 rings (SSSR count). The number of nitrogens with one attached hydrogen (secondary N) is 1. The van der Waals surface area contributed by atoms with Crippen LogP contribution in [0.25, 0.3) is 0 Å². The van der Waals surface area contributed by atoms with Gasteiger partial charge in [-0.05, 0) is 30.4 Å². The van der Waals surface area contributed by atoms with Gasteiger partial charge in [0, 0.05) is 12.1 Å². The predicted molar refractivity (Wildman–Crippen MR) is 64.6 cm³/mol. The second-order valence-corrected chi connectivity index (χ2v) is 3.90. The number of rotatable bonds is 1. The molecule has 0 fully saturated rings. The number of nitrogens with zero attached hydrogens (tertiary/aromatic N) is 1. The normalized spacial score (nSPS) is 9.71. The van der Waals surface area contributed by atoms with Gasteiger partial charge in [-0.1, -0.05) is 23.2 Å². The molecule has 0 heterocycles. The number of halogens is 2. The molecule has 6 heteroatoms. The molecule has 76 valence electrons. The zero-order valence-electron chi connectivity index (χ0n) is 7.42. The standard InChI is InChI=1S/C8H9Cl2N3S/c1-13(11)8(14)12-7-4-5(9)2-3-6(7)10/h2-4H,11H2,1H3,(H,12,14). The van der Waals surface area contributed by atoms with Crippen LogP contribution in [0.3, 0.4) is 0 Å². The molecule has 0 saturated heterocycles. The van der Waals surface area contributed by atoms with Crippen molar-refractivity contribution >= 4 is 46.2 Å². The average Bonchev–Trinajstić information content (AvgIpc) is 2.11. The minimum Gasteiger partial charge on any atom is -0.330 e. The summed E-state index contributed by atoms with van der Waals surface area (Å²) in [5.41, 5.74) is 0.640. The molecule has 3 N–H and O–H groups in total. The summed E-state index contributed by atoms with van der Waals surface area (Å²) in [6.45, 7) is 0. The Morgan fingerprint density at radius 2 is 2.14 bits per heavy atom. The highest BCUT2D eigenvalue weighted by Gasteiger charge is 2.04.